The quantitative estimate of drug-likeness (QED) is 0.870. The number of piperidine rings is 3. The lowest BCUT2D eigenvalue weighted by Gasteiger charge is -2.49. The zero-order valence-corrected chi connectivity index (χ0v) is 13.8. The van der Waals surface area contributed by atoms with Gasteiger partial charge in [0, 0.05) is 36.6 Å². The number of amides is 1. The molecule has 4 aliphatic heterocycles. The van der Waals surface area contributed by atoms with Crippen LogP contribution in [0.5, 0.6) is 0 Å². The molecular weight excluding hydrogens is 312 g/mol. The monoisotopic (exact) mass is 332 g/mol. The van der Waals surface area contributed by atoms with Crippen molar-refractivity contribution in [3.05, 3.63) is 29.5 Å². The number of carbonyl (C=O) groups is 1. The van der Waals surface area contributed by atoms with Crippen molar-refractivity contribution < 1.29 is 4.79 Å². The molecule has 5 heterocycles. The van der Waals surface area contributed by atoms with Crippen LogP contribution in [0.1, 0.15) is 28.9 Å². The molecule has 0 spiro atoms. The molecule has 23 heavy (non-hydrogen) atoms. The molecule has 1 aromatic carbocycles. The summed E-state index contributed by atoms with van der Waals surface area (Å²) < 4.78 is 0. The first-order valence-electron chi connectivity index (χ1n) is 8.30. The van der Waals surface area contributed by atoms with E-state index in [0.717, 1.165) is 41.7 Å². The van der Waals surface area contributed by atoms with E-state index in [2.05, 4.69) is 20.0 Å². The van der Waals surface area contributed by atoms with E-state index in [1.807, 2.05) is 18.2 Å². The summed E-state index contributed by atoms with van der Waals surface area (Å²) in [6.45, 7) is 4.28. The van der Waals surface area contributed by atoms with Crippen LogP contribution in [0.2, 0.25) is 0 Å². The molecule has 0 saturated carbocycles. The Morgan fingerprint density at radius 3 is 2.74 bits per heavy atom. The van der Waals surface area contributed by atoms with Crippen LogP contribution in [-0.2, 0) is 6.42 Å². The Kier molecular flexibility index (Phi) is 3.58. The molecule has 5 nitrogen and oxygen atoms in total. The van der Waals surface area contributed by atoms with E-state index in [9.17, 15) is 4.79 Å². The highest BCUT2D eigenvalue weighted by Gasteiger charge is 2.40. The maximum absolute atomic E-state index is 13.2. The van der Waals surface area contributed by atoms with Gasteiger partial charge in [0.05, 0.1) is 11.1 Å². The number of carbonyl (C=O) groups excluding carboxylic acids is 1. The van der Waals surface area contributed by atoms with E-state index >= 15 is 0 Å². The number of aromatic nitrogens is 2. The van der Waals surface area contributed by atoms with Crippen LogP contribution < -0.4 is 0 Å². The van der Waals surface area contributed by atoms with E-state index in [0.29, 0.717) is 12.0 Å². The summed E-state index contributed by atoms with van der Waals surface area (Å²) in [6.07, 6.45) is 3.36. The fraction of sp³-hybridized carbons (Fsp3) is 0.529. The van der Waals surface area contributed by atoms with Gasteiger partial charge in [-0.25, -0.2) is 0 Å². The number of nitrogens with zero attached hydrogens (tertiary/aromatic N) is 3. The molecule has 1 unspecified atom stereocenters. The molecule has 0 radical (unpaired) electrons. The van der Waals surface area contributed by atoms with Crippen molar-refractivity contribution in [3.8, 4) is 0 Å². The smallest absolute Gasteiger partial charge is 0.254 e. The van der Waals surface area contributed by atoms with Gasteiger partial charge in [-0.1, -0.05) is 6.07 Å². The van der Waals surface area contributed by atoms with Crippen LogP contribution in [0.3, 0.4) is 0 Å². The number of hydrogen-bond acceptors (Lipinski definition) is 3. The van der Waals surface area contributed by atoms with Gasteiger partial charge in [-0.3, -0.25) is 9.89 Å². The molecule has 0 aliphatic carbocycles. The van der Waals surface area contributed by atoms with Gasteiger partial charge in [0.2, 0.25) is 0 Å². The van der Waals surface area contributed by atoms with Crippen LogP contribution in [0.15, 0.2) is 18.2 Å². The molecule has 1 N–H and O–H groups in total. The average Bonchev–Trinajstić information content (AvgIpc) is 2.93. The highest BCUT2D eigenvalue weighted by Crippen LogP contribution is 2.34. The highest BCUT2D eigenvalue weighted by atomic mass is 35.5. The van der Waals surface area contributed by atoms with Crippen molar-refractivity contribution in [1.29, 1.82) is 0 Å². The fourth-order valence-corrected chi connectivity index (χ4v) is 4.59. The molecule has 1 amide bonds. The summed E-state index contributed by atoms with van der Waals surface area (Å²) in [5.41, 5.74) is 2.86. The standard InChI is InChI=1S/C17H20N4O.ClH/c22-17-12-2-1-3-13-16(12)14(19-18-13)6-9-21(17)15-10-20-7-4-11(15)5-8-20;/h1-3,11,15H,4-10H2,(H,18,19);1H. The SMILES string of the molecule is Cl.O=C1c2cccc3n[nH]c(c23)CCN1C1CN2CCC1CC2. The molecule has 2 bridgehead atoms. The molecule has 3 saturated heterocycles. The molecule has 4 aliphatic rings. The second-order valence-electron chi connectivity index (χ2n) is 6.86. The number of benzene rings is 1. The summed E-state index contributed by atoms with van der Waals surface area (Å²) in [7, 11) is 0. The number of H-pyrrole nitrogens is 1. The molecule has 1 atom stereocenters. The van der Waals surface area contributed by atoms with Crippen LogP contribution in [0.4, 0.5) is 0 Å². The summed E-state index contributed by atoms with van der Waals surface area (Å²) in [5, 5.41) is 8.51. The average molecular weight is 333 g/mol. The molecule has 122 valence electrons. The number of hydrogen-bond donors (Lipinski definition) is 1. The van der Waals surface area contributed by atoms with Crippen molar-refractivity contribution in [1.82, 2.24) is 20.0 Å². The van der Waals surface area contributed by atoms with E-state index in [1.165, 1.54) is 25.9 Å². The number of rotatable bonds is 1. The largest absolute Gasteiger partial charge is 0.334 e. The van der Waals surface area contributed by atoms with Gasteiger partial charge in [-0.15, -0.1) is 12.4 Å². The normalized spacial score (nSPS) is 29.5. The fourth-order valence-electron chi connectivity index (χ4n) is 4.59. The predicted molar refractivity (Wildman–Crippen MR) is 91.0 cm³/mol. The first-order valence-corrected chi connectivity index (χ1v) is 8.30. The second kappa shape index (κ2) is 5.49. The summed E-state index contributed by atoms with van der Waals surface area (Å²) in [4.78, 5) is 17.8. The minimum atomic E-state index is 0. The Morgan fingerprint density at radius 1 is 1.17 bits per heavy atom. The lowest BCUT2D eigenvalue weighted by Crippen LogP contribution is -2.58. The summed E-state index contributed by atoms with van der Waals surface area (Å²) in [5.74, 6) is 0.882. The second-order valence-corrected chi connectivity index (χ2v) is 6.86. The summed E-state index contributed by atoms with van der Waals surface area (Å²) in [6, 6.07) is 6.28. The zero-order chi connectivity index (χ0) is 14.7. The predicted octanol–water partition coefficient (Wildman–Crippen LogP) is 2.08. The van der Waals surface area contributed by atoms with Crippen molar-refractivity contribution >= 4 is 29.2 Å². The van der Waals surface area contributed by atoms with E-state index in [1.54, 1.807) is 0 Å². The molecular formula is C17H21ClN4O. The first-order chi connectivity index (χ1) is 10.8. The van der Waals surface area contributed by atoms with Gasteiger partial charge in [0.1, 0.15) is 0 Å². The lowest BCUT2D eigenvalue weighted by atomic mass is 9.83. The number of fused-ring (bicyclic) bond motifs is 3. The highest BCUT2D eigenvalue weighted by molar-refractivity contribution is 6.07. The van der Waals surface area contributed by atoms with Crippen LogP contribution in [0.25, 0.3) is 10.9 Å². The van der Waals surface area contributed by atoms with E-state index < -0.39 is 0 Å². The Balaban J connectivity index is 0.00000135. The van der Waals surface area contributed by atoms with E-state index in [-0.39, 0.29) is 18.3 Å². The van der Waals surface area contributed by atoms with Gasteiger partial charge in [-0.2, -0.15) is 5.10 Å². The van der Waals surface area contributed by atoms with Crippen molar-refractivity contribution in [3.63, 3.8) is 0 Å². The Bertz CT molecular complexity index is 750. The van der Waals surface area contributed by atoms with Crippen LogP contribution >= 0.6 is 12.4 Å². The third-order valence-electron chi connectivity index (χ3n) is 5.77. The summed E-state index contributed by atoms with van der Waals surface area (Å²) >= 11 is 0. The minimum Gasteiger partial charge on any atom is -0.334 e. The molecule has 6 rings (SSSR count). The van der Waals surface area contributed by atoms with Gasteiger partial charge in [-0.05, 0) is 44.0 Å². The molecule has 2 aromatic rings. The van der Waals surface area contributed by atoms with Gasteiger partial charge < -0.3 is 9.80 Å². The zero-order valence-electron chi connectivity index (χ0n) is 13.0. The van der Waals surface area contributed by atoms with Crippen LogP contribution in [-0.4, -0.2) is 58.1 Å². The maximum Gasteiger partial charge on any atom is 0.254 e. The number of aromatic amines is 1. The maximum atomic E-state index is 13.2. The Labute approximate surface area is 141 Å². The van der Waals surface area contributed by atoms with Crippen LogP contribution in [0, 0.1) is 5.92 Å². The topological polar surface area (TPSA) is 52.2 Å². The number of nitrogens with one attached hydrogen (secondary N) is 1. The lowest BCUT2D eigenvalue weighted by molar-refractivity contribution is 0.00821. The molecule has 3 fully saturated rings. The van der Waals surface area contributed by atoms with Gasteiger partial charge in [0.15, 0.2) is 0 Å². The Hall–Kier alpha value is -1.59. The molecule has 1 aromatic heterocycles. The minimum absolute atomic E-state index is 0. The van der Waals surface area contributed by atoms with Crippen molar-refractivity contribution in [2.75, 3.05) is 26.2 Å². The van der Waals surface area contributed by atoms with Crippen molar-refractivity contribution in [2.24, 2.45) is 5.92 Å². The van der Waals surface area contributed by atoms with Gasteiger partial charge >= 0.3 is 0 Å². The van der Waals surface area contributed by atoms with Crippen molar-refractivity contribution in [2.45, 2.75) is 25.3 Å². The Morgan fingerprint density at radius 2 is 2.00 bits per heavy atom. The third kappa shape index (κ3) is 2.17. The third-order valence-corrected chi connectivity index (χ3v) is 5.77. The first kappa shape index (κ1) is 15.0. The van der Waals surface area contributed by atoms with Gasteiger partial charge in [0.25, 0.3) is 5.91 Å². The molecule has 6 heteroatoms. The number of halogens is 1. The van der Waals surface area contributed by atoms with E-state index in [4.69, 9.17) is 0 Å².